The third-order valence-electron chi connectivity index (χ3n) is 5.37. The lowest BCUT2D eigenvalue weighted by Gasteiger charge is -2.34. The summed E-state index contributed by atoms with van der Waals surface area (Å²) >= 11 is 0. The molecule has 2 rings (SSSR count). The second kappa shape index (κ2) is 8.02. The number of carbonyl (C=O) groups excluding carboxylic acids is 1. The smallest absolute Gasteiger partial charge is 0.230 e. The molecule has 0 bridgehead atoms. The Bertz CT molecular complexity index is 419. The first kappa shape index (κ1) is 18.1. The SMILES string of the molecule is CCNC(=NCC1(C(=O)N(C)C)CCCC1)N1CCC(C)CC1. The zero-order chi connectivity index (χ0) is 16.9. The molecule has 0 aromatic rings. The summed E-state index contributed by atoms with van der Waals surface area (Å²) in [5, 5.41) is 3.43. The van der Waals surface area contributed by atoms with E-state index in [0.717, 1.165) is 57.2 Å². The van der Waals surface area contributed by atoms with Crippen molar-refractivity contribution in [3.05, 3.63) is 0 Å². The van der Waals surface area contributed by atoms with Crippen molar-refractivity contribution in [2.45, 2.75) is 52.4 Å². The molecule has 1 heterocycles. The molecule has 2 aliphatic rings. The predicted molar refractivity (Wildman–Crippen MR) is 95.5 cm³/mol. The molecule has 1 aliphatic heterocycles. The van der Waals surface area contributed by atoms with Gasteiger partial charge >= 0.3 is 0 Å². The van der Waals surface area contributed by atoms with Crippen LogP contribution < -0.4 is 5.32 Å². The quantitative estimate of drug-likeness (QED) is 0.638. The van der Waals surface area contributed by atoms with Gasteiger partial charge in [-0.25, -0.2) is 0 Å². The summed E-state index contributed by atoms with van der Waals surface area (Å²) < 4.78 is 0. The average molecular weight is 322 g/mol. The molecule has 0 aromatic carbocycles. The van der Waals surface area contributed by atoms with Crippen LogP contribution in [0.2, 0.25) is 0 Å². The number of guanidine groups is 1. The minimum absolute atomic E-state index is 0.252. The summed E-state index contributed by atoms with van der Waals surface area (Å²) in [6.45, 7) is 8.07. The fraction of sp³-hybridized carbons (Fsp3) is 0.889. The van der Waals surface area contributed by atoms with Gasteiger partial charge < -0.3 is 15.1 Å². The predicted octanol–water partition coefficient (Wildman–Crippen LogP) is 2.33. The lowest BCUT2D eigenvalue weighted by atomic mass is 9.85. The second-order valence-corrected chi connectivity index (χ2v) is 7.53. The van der Waals surface area contributed by atoms with Crippen molar-refractivity contribution in [2.24, 2.45) is 16.3 Å². The molecular formula is C18H34N4O. The molecule has 0 atom stereocenters. The van der Waals surface area contributed by atoms with Gasteiger partial charge in [-0.2, -0.15) is 0 Å². The van der Waals surface area contributed by atoms with E-state index in [1.54, 1.807) is 4.90 Å². The third kappa shape index (κ3) is 4.39. The Morgan fingerprint density at radius 3 is 2.39 bits per heavy atom. The number of piperidine rings is 1. The van der Waals surface area contributed by atoms with Crippen LogP contribution in [0.15, 0.2) is 4.99 Å². The first-order chi connectivity index (χ1) is 11.0. The van der Waals surface area contributed by atoms with Gasteiger partial charge in [0.25, 0.3) is 0 Å². The highest BCUT2D eigenvalue weighted by atomic mass is 16.2. The summed E-state index contributed by atoms with van der Waals surface area (Å²) in [7, 11) is 3.73. The molecular weight excluding hydrogens is 288 g/mol. The summed E-state index contributed by atoms with van der Waals surface area (Å²) in [4.78, 5) is 21.7. The normalized spacial score (nSPS) is 22.3. The van der Waals surface area contributed by atoms with E-state index in [-0.39, 0.29) is 11.3 Å². The molecule has 0 unspecified atom stereocenters. The Labute approximate surface area is 141 Å². The van der Waals surface area contributed by atoms with E-state index in [1.165, 1.54) is 12.8 Å². The molecule has 1 N–H and O–H groups in total. The highest BCUT2D eigenvalue weighted by Crippen LogP contribution is 2.39. The van der Waals surface area contributed by atoms with Crippen molar-refractivity contribution >= 4 is 11.9 Å². The lowest BCUT2D eigenvalue weighted by Crippen LogP contribution is -2.47. The van der Waals surface area contributed by atoms with Gasteiger partial charge in [0, 0.05) is 33.7 Å². The van der Waals surface area contributed by atoms with Gasteiger partial charge in [0.15, 0.2) is 5.96 Å². The largest absolute Gasteiger partial charge is 0.357 e. The topological polar surface area (TPSA) is 47.9 Å². The Balaban J connectivity index is 2.10. The maximum absolute atomic E-state index is 12.7. The minimum atomic E-state index is -0.271. The molecule has 0 spiro atoms. The Morgan fingerprint density at radius 2 is 1.87 bits per heavy atom. The molecule has 1 saturated carbocycles. The number of nitrogens with one attached hydrogen (secondary N) is 1. The maximum Gasteiger partial charge on any atom is 0.230 e. The van der Waals surface area contributed by atoms with Gasteiger partial charge in [-0.15, -0.1) is 0 Å². The number of hydrogen-bond donors (Lipinski definition) is 1. The van der Waals surface area contributed by atoms with Crippen molar-refractivity contribution in [3.8, 4) is 0 Å². The van der Waals surface area contributed by atoms with E-state index < -0.39 is 0 Å². The number of likely N-dealkylation sites (tertiary alicyclic amines) is 1. The second-order valence-electron chi connectivity index (χ2n) is 7.53. The molecule has 0 aromatic heterocycles. The molecule has 23 heavy (non-hydrogen) atoms. The number of aliphatic imine (C=N–C) groups is 1. The highest BCUT2D eigenvalue weighted by Gasteiger charge is 2.42. The first-order valence-electron chi connectivity index (χ1n) is 9.23. The molecule has 5 heteroatoms. The van der Waals surface area contributed by atoms with E-state index in [0.29, 0.717) is 6.54 Å². The van der Waals surface area contributed by atoms with Gasteiger partial charge in [-0.1, -0.05) is 19.8 Å². The van der Waals surface area contributed by atoms with Gasteiger partial charge in [0.1, 0.15) is 0 Å². The zero-order valence-corrected chi connectivity index (χ0v) is 15.4. The van der Waals surface area contributed by atoms with Crippen LogP contribution in [0.3, 0.4) is 0 Å². The Hall–Kier alpha value is -1.26. The van der Waals surface area contributed by atoms with Crippen LogP contribution in [-0.4, -0.2) is 61.9 Å². The molecule has 1 saturated heterocycles. The van der Waals surface area contributed by atoms with Crippen molar-refractivity contribution < 1.29 is 4.79 Å². The van der Waals surface area contributed by atoms with E-state index in [9.17, 15) is 4.79 Å². The van der Waals surface area contributed by atoms with Crippen LogP contribution in [0, 0.1) is 11.3 Å². The summed E-state index contributed by atoms with van der Waals surface area (Å²) in [6, 6.07) is 0. The van der Waals surface area contributed by atoms with Crippen LogP contribution in [0.1, 0.15) is 52.4 Å². The van der Waals surface area contributed by atoms with E-state index in [4.69, 9.17) is 4.99 Å². The van der Waals surface area contributed by atoms with Crippen LogP contribution >= 0.6 is 0 Å². The standard InChI is InChI=1S/C18H34N4O/c1-5-19-17(22-12-8-15(2)9-13-22)20-14-18(10-6-7-11-18)16(23)21(3)4/h15H,5-14H2,1-4H3,(H,19,20). The Morgan fingerprint density at radius 1 is 1.26 bits per heavy atom. The molecule has 0 radical (unpaired) electrons. The highest BCUT2D eigenvalue weighted by molar-refractivity contribution is 5.84. The summed E-state index contributed by atoms with van der Waals surface area (Å²) in [5.41, 5.74) is -0.271. The van der Waals surface area contributed by atoms with Gasteiger partial charge in [0.2, 0.25) is 5.91 Å². The van der Waals surface area contributed by atoms with Crippen LogP contribution in [-0.2, 0) is 4.79 Å². The summed E-state index contributed by atoms with van der Waals surface area (Å²) in [6.07, 6.45) is 6.70. The van der Waals surface area contributed by atoms with Crippen LogP contribution in [0.5, 0.6) is 0 Å². The number of hydrogen-bond acceptors (Lipinski definition) is 2. The molecule has 132 valence electrons. The molecule has 1 amide bonds. The minimum Gasteiger partial charge on any atom is -0.357 e. The van der Waals surface area contributed by atoms with E-state index in [2.05, 4.69) is 24.1 Å². The number of nitrogens with zero attached hydrogens (tertiary/aromatic N) is 3. The molecule has 1 aliphatic carbocycles. The van der Waals surface area contributed by atoms with Crippen molar-refractivity contribution in [3.63, 3.8) is 0 Å². The number of carbonyl (C=O) groups is 1. The number of amides is 1. The maximum atomic E-state index is 12.7. The van der Waals surface area contributed by atoms with E-state index >= 15 is 0 Å². The lowest BCUT2D eigenvalue weighted by molar-refractivity contribution is -0.138. The molecule has 5 nitrogen and oxygen atoms in total. The van der Waals surface area contributed by atoms with Crippen molar-refractivity contribution in [1.82, 2.24) is 15.1 Å². The third-order valence-corrected chi connectivity index (χ3v) is 5.37. The first-order valence-corrected chi connectivity index (χ1v) is 9.23. The van der Waals surface area contributed by atoms with E-state index in [1.807, 2.05) is 14.1 Å². The fourth-order valence-electron chi connectivity index (χ4n) is 3.84. The fourth-order valence-corrected chi connectivity index (χ4v) is 3.84. The monoisotopic (exact) mass is 322 g/mol. The van der Waals surface area contributed by atoms with Gasteiger partial charge in [0.05, 0.1) is 12.0 Å². The summed E-state index contributed by atoms with van der Waals surface area (Å²) in [5.74, 6) is 2.06. The Kier molecular flexibility index (Phi) is 6.31. The van der Waals surface area contributed by atoms with Crippen LogP contribution in [0.25, 0.3) is 0 Å². The zero-order valence-electron chi connectivity index (χ0n) is 15.4. The van der Waals surface area contributed by atoms with Crippen molar-refractivity contribution in [2.75, 3.05) is 40.3 Å². The number of rotatable bonds is 4. The average Bonchev–Trinajstić information content (AvgIpc) is 3.01. The van der Waals surface area contributed by atoms with Gasteiger partial charge in [-0.3, -0.25) is 9.79 Å². The van der Waals surface area contributed by atoms with Crippen molar-refractivity contribution in [1.29, 1.82) is 0 Å². The van der Waals surface area contributed by atoms with Gasteiger partial charge in [-0.05, 0) is 38.5 Å². The van der Waals surface area contributed by atoms with Crippen LogP contribution in [0.4, 0.5) is 0 Å². The molecule has 2 fully saturated rings.